The standard InChI is InChI=1S/C10H6F6/c11-9(12,13)6-3-5-7(6)4-1-2-8(4,5)10(14,15)16/h1-5,7H/t4-,5+,7?,8+/m0/s1. The molecule has 0 nitrogen and oxygen atoms in total. The molecule has 0 radical (unpaired) electrons. The summed E-state index contributed by atoms with van der Waals surface area (Å²) in [7, 11) is 0. The Bertz CT molecular complexity index is 412. The van der Waals surface area contributed by atoms with Gasteiger partial charge in [0.1, 0.15) is 0 Å². The van der Waals surface area contributed by atoms with E-state index in [2.05, 4.69) is 0 Å². The SMILES string of the molecule is FC(F)(F)C1=C[C@@H]2C1[C@@H]1C=C[C@]21C(F)(F)F. The van der Waals surface area contributed by atoms with Gasteiger partial charge in [0, 0.05) is 23.3 Å². The molecule has 0 heterocycles. The molecule has 0 N–H and O–H groups in total. The van der Waals surface area contributed by atoms with Gasteiger partial charge in [0.05, 0.1) is 5.41 Å². The molecule has 0 saturated heterocycles. The van der Waals surface area contributed by atoms with Gasteiger partial charge in [-0.05, 0) is 0 Å². The predicted octanol–water partition coefficient (Wildman–Crippen LogP) is 3.47. The minimum absolute atomic E-state index is 0.734. The minimum atomic E-state index is -4.48. The van der Waals surface area contributed by atoms with Crippen LogP contribution in [0.1, 0.15) is 0 Å². The second-order valence-corrected chi connectivity index (χ2v) is 4.49. The number of hydrogen-bond acceptors (Lipinski definition) is 0. The zero-order valence-corrected chi connectivity index (χ0v) is 7.73. The van der Waals surface area contributed by atoms with Crippen molar-refractivity contribution in [1.29, 1.82) is 0 Å². The average molecular weight is 240 g/mol. The second kappa shape index (κ2) is 2.33. The summed E-state index contributed by atoms with van der Waals surface area (Å²) in [6.45, 7) is 0. The van der Waals surface area contributed by atoms with Gasteiger partial charge in [-0.1, -0.05) is 18.2 Å². The molecule has 3 rings (SSSR count). The van der Waals surface area contributed by atoms with Gasteiger partial charge < -0.3 is 0 Å². The quantitative estimate of drug-likeness (QED) is 0.449. The summed E-state index contributed by atoms with van der Waals surface area (Å²) in [6.07, 6.45) is -5.95. The van der Waals surface area contributed by atoms with Crippen molar-refractivity contribution in [1.82, 2.24) is 0 Å². The maximum absolute atomic E-state index is 12.7. The Morgan fingerprint density at radius 3 is 1.94 bits per heavy atom. The topological polar surface area (TPSA) is 0 Å². The number of alkyl halides is 6. The van der Waals surface area contributed by atoms with Crippen molar-refractivity contribution >= 4 is 0 Å². The zero-order chi connectivity index (χ0) is 11.9. The van der Waals surface area contributed by atoms with Crippen LogP contribution in [0.25, 0.3) is 0 Å². The van der Waals surface area contributed by atoms with Crippen LogP contribution in [0.3, 0.4) is 0 Å². The Hall–Kier alpha value is -0.940. The van der Waals surface area contributed by atoms with Gasteiger partial charge in [-0.2, -0.15) is 26.3 Å². The third-order valence-corrected chi connectivity index (χ3v) is 3.99. The number of hydrogen-bond donors (Lipinski definition) is 0. The van der Waals surface area contributed by atoms with Crippen molar-refractivity contribution < 1.29 is 26.3 Å². The summed E-state index contributed by atoms with van der Waals surface area (Å²) >= 11 is 0. The van der Waals surface area contributed by atoms with Gasteiger partial charge in [-0.25, -0.2) is 0 Å². The summed E-state index contributed by atoms with van der Waals surface area (Å²) in [6, 6.07) is 0. The molecule has 1 saturated carbocycles. The molecule has 0 aromatic rings. The van der Waals surface area contributed by atoms with E-state index in [1.807, 2.05) is 0 Å². The number of halogens is 6. The first-order valence-corrected chi connectivity index (χ1v) is 4.74. The van der Waals surface area contributed by atoms with E-state index in [0.29, 0.717) is 0 Å². The lowest BCUT2D eigenvalue weighted by atomic mass is 9.35. The van der Waals surface area contributed by atoms with Crippen LogP contribution in [0.5, 0.6) is 0 Å². The highest BCUT2D eigenvalue weighted by Crippen LogP contribution is 2.76. The fourth-order valence-corrected chi connectivity index (χ4v) is 3.14. The molecule has 3 aliphatic rings. The van der Waals surface area contributed by atoms with Gasteiger partial charge in [0.15, 0.2) is 0 Å². The number of allylic oxidation sites excluding steroid dienone is 4. The molecule has 3 aliphatic carbocycles. The fraction of sp³-hybridized carbons (Fsp3) is 0.600. The lowest BCUT2D eigenvalue weighted by Crippen LogP contribution is -2.70. The van der Waals surface area contributed by atoms with Gasteiger partial charge in [0.2, 0.25) is 0 Å². The van der Waals surface area contributed by atoms with Crippen LogP contribution >= 0.6 is 0 Å². The summed E-state index contributed by atoms with van der Waals surface area (Å²) in [4.78, 5) is 0. The van der Waals surface area contributed by atoms with Crippen molar-refractivity contribution in [2.45, 2.75) is 12.4 Å². The largest absolute Gasteiger partial charge is 0.412 e. The molecule has 1 fully saturated rings. The second-order valence-electron chi connectivity index (χ2n) is 4.49. The first-order valence-electron chi connectivity index (χ1n) is 4.74. The van der Waals surface area contributed by atoms with Crippen LogP contribution < -0.4 is 0 Å². The van der Waals surface area contributed by atoms with Crippen molar-refractivity contribution in [3.8, 4) is 0 Å². The maximum Gasteiger partial charge on any atom is 0.412 e. The molecule has 88 valence electrons. The molecule has 0 bridgehead atoms. The zero-order valence-electron chi connectivity index (χ0n) is 7.73. The highest BCUT2D eigenvalue weighted by atomic mass is 19.4. The van der Waals surface area contributed by atoms with E-state index in [4.69, 9.17) is 0 Å². The lowest BCUT2D eigenvalue weighted by molar-refractivity contribution is -0.300. The molecular formula is C10H6F6. The first-order chi connectivity index (χ1) is 7.19. The van der Waals surface area contributed by atoms with E-state index in [1.165, 1.54) is 6.08 Å². The molecule has 0 aromatic carbocycles. The monoisotopic (exact) mass is 240 g/mol. The predicted molar refractivity (Wildman–Crippen MR) is 42.2 cm³/mol. The van der Waals surface area contributed by atoms with E-state index in [-0.39, 0.29) is 0 Å². The van der Waals surface area contributed by atoms with Crippen molar-refractivity contribution in [3.63, 3.8) is 0 Å². The van der Waals surface area contributed by atoms with Gasteiger partial charge in [-0.3, -0.25) is 0 Å². The van der Waals surface area contributed by atoms with Crippen LogP contribution in [0.4, 0.5) is 26.3 Å². The van der Waals surface area contributed by atoms with Crippen LogP contribution in [0.15, 0.2) is 23.8 Å². The fourth-order valence-electron chi connectivity index (χ4n) is 3.14. The molecule has 6 heteroatoms. The summed E-state index contributed by atoms with van der Waals surface area (Å²) in [5.41, 5.74) is -2.78. The molecule has 1 unspecified atom stereocenters. The summed E-state index contributed by atoms with van der Waals surface area (Å²) in [5, 5.41) is 0. The van der Waals surface area contributed by atoms with Crippen LogP contribution in [0.2, 0.25) is 0 Å². The number of fused-ring (bicyclic) bond motifs is 4. The molecule has 16 heavy (non-hydrogen) atoms. The van der Waals surface area contributed by atoms with Gasteiger partial charge >= 0.3 is 12.4 Å². The average Bonchev–Trinajstić information content (AvgIpc) is 1.99. The molecule has 0 aliphatic heterocycles. The Kier molecular flexibility index (Phi) is 1.49. The third kappa shape index (κ3) is 0.822. The van der Waals surface area contributed by atoms with Gasteiger partial charge in [0.25, 0.3) is 0 Å². The molecule has 4 atom stereocenters. The smallest absolute Gasteiger partial charge is 0.170 e. The number of rotatable bonds is 0. The van der Waals surface area contributed by atoms with Crippen LogP contribution in [-0.2, 0) is 0 Å². The first kappa shape index (κ1) is 10.2. The molecule has 0 spiro atoms. The van der Waals surface area contributed by atoms with E-state index in [9.17, 15) is 26.3 Å². The lowest BCUT2D eigenvalue weighted by Gasteiger charge is -2.68. The molecule has 0 aromatic heterocycles. The highest BCUT2D eigenvalue weighted by molar-refractivity contribution is 5.48. The van der Waals surface area contributed by atoms with Crippen LogP contribution in [0, 0.1) is 23.2 Å². The third-order valence-electron chi connectivity index (χ3n) is 3.99. The van der Waals surface area contributed by atoms with E-state index >= 15 is 0 Å². The normalized spacial score (nSPS) is 44.6. The van der Waals surface area contributed by atoms with Crippen molar-refractivity contribution in [2.75, 3.05) is 0 Å². The van der Waals surface area contributed by atoms with E-state index < -0.39 is 41.1 Å². The minimum Gasteiger partial charge on any atom is -0.170 e. The Morgan fingerprint density at radius 1 is 1.00 bits per heavy atom. The highest BCUT2D eigenvalue weighted by Gasteiger charge is 2.79. The summed E-state index contributed by atoms with van der Waals surface area (Å²) < 4.78 is 75.1. The van der Waals surface area contributed by atoms with Crippen molar-refractivity contribution in [3.05, 3.63) is 23.8 Å². The Morgan fingerprint density at radius 2 is 1.62 bits per heavy atom. The summed E-state index contributed by atoms with van der Waals surface area (Å²) in [5.74, 6) is -2.97. The van der Waals surface area contributed by atoms with E-state index in [0.717, 1.165) is 12.2 Å². The Labute approximate surface area is 86.6 Å². The van der Waals surface area contributed by atoms with E-state index in [1.54, 1.807) is 0 Å². The molecular weight excluding hydrogens is 234 g/mol. The van der Waals surface area contributed by atoms with Gasteiger partial charge in [-0.15, -0.1) is 0 Å². The maximum atomic E-state index is 12.7. The molecule has 0 amide bonds. The van der Waals surface area contributed by atoms with Crippen LogP contribution in [-0.4, -0.2) is 12.4 Å². The Balaban J connectivity index is 1.93. The van der Waals surface area contributed by atoms with Crippen molar-refractivity contribution in [2.24, 2.45) is 23.2 Å².